The molecule has 0 aliphatic rings. The van der Waals surface area contributed by atoms with Gasteiger partial charge in [0.25, 0.3) is 0 Å². The molecule has 0 spiro atoms. The molecule has 1 rings (SSSR count). The maximum Gasteiger partial charge on any atom is 0.224 e. The Hall–Kier alpha value is -1.51. The molecule has 3 nitrogen and oxygen atoms in total. The van der Waals surface area contributed by atoms with Crippen molar-refractivity contribution in [1.82, 2.24) is 0 Å². The Kier molecular flexibility index (Phi) is 3.51. The Morgan fingerprint density at radius 2 is 2.21 bits per heavy atom. The first kappa shape index (κ1) is 10.6. The Labute approximate surface area is 84.1 Å². The van der Waals surface area contributed by atoms with Crippen molar-refractivity contribution < 1.29 is 9.53 Å². The second-order valence-electron chi connectivity index (χ2n) is 3.11. The Bertz CT molecular complexity index is 334. The van der Waals surface area contributed by atoms with Gasteiger partial charge in [0.15, 0.2) is 0 Å². The maximum atomic E-state index is 11.2. The highest BCUT2D eigenvalue weighted by Gasteiger charge is 2.05. The lowest BCUT2D eigenvalue weighted by Crippen LogP contribution is -2.10. The zero-order chi connectivity index (χ0) is 10.6. The summed E-state index contributed by atoms with van der Waals surface area (Å²) in [5.74, 6) is 0.693. The van der Waals surface area contributed by atoms with Gasteiger partial charge < -0.3 is 10.1 Å². The first-order valence-corrected chi connectivity index (χ1v) is 4.62. The molecule has 0 heterocycles. The van der Waals surface area contributed by atoms with E-state index in [2.05, 4.69) is 5.32 Å². The number of rotatable bonds is 3. The molecule has 0 aliphatic carbocycles. The van der Waals surface area contributed by atoms with Gasteiger partial charge in [-0.15, -0.1) is 0 Å². The van der Waals surface area contributed by atoms with Crippen LogP contribution in [0.25, 0.3) is 0 Å². The second-order valence-corrected chi connectivity index (χ2v) is 3.11. The SMILES string of the molecule is CCC(=O)Nc1ccc(C)cc1OC. The van der Waals surface area contributed by atoms with Crippen LogP contribution in [0.15, 0.2) is 18.2 Å². The molecule has 0 atom stereocenters. The fraction of sp³-hybridized carbons (Fsp3) is 0.364. The lowest BCUT2D eigenvalue weighted by Gasteiger charge is -2.09. The molecular formula is C11H15NO2. The molecule has 76 valence electrons. The van der Waals surface area contributed by atoms with E-state index in [1.807, 2.05) is 32.0 Å². The molecule has 0 saturated carbocycles. The molecule has 1 N–H and O–H groups in total. The quantitative estimate of drug-likeness (QED) is 0.800. The topological polar surface area (TPSA) is 38.3 Å². The summed E-state index contributed by atoms with van der Waals surface area (Å²) in [4.78, 5) is 11.2. The predicted octanol–water partition coefficient (Wildman–Crippen LogP) is 2.35. The first-order valence-electron chi connectivity index (χ1n) is 4.62. The van der Waals surface area contributed by atoms with Gasteiger partial charge in [0.2, 0.25) is 5.91 Å². The number of hydrogen-bond donors (Lipinski definition) is 1. The monoisotopic (exact) mass is 193 g/mol. The predicted molar refractivity (Wildman–Crippen MR) is 56.7 cm³/mol. The highest BCUT2D eigenvalue weighted by atomic mass is 16.5. The molecular weight excluding hydrogens is 178 g/mol. The minimum atomic E-state index is -0.00727. The van der Waals surface area contributed by atoms with Gasteiger partial charge in [-0.3, -0.25) is 4.79 Å². The van der Waals surface area contributed by atoms with E-state index in [-0.39, 0.29) is 5.91 Å². The normalized spacial score (nSPS) is 9.64. The highest BCUT2D eigenvalue weighted by molar-refractivity contribution is 5.92. The third-order valence-corrected chi connectivity index (χ3v) is 1.95. The number of hydrogen-bond acceptors (Lipinski definition) is 2. The summed E-state index contributed by atoms with van der Waals surface area (Å²) in [5, 5.41) is 2.77. The van der Waals surface area contributed by atoms with Crippen molar-refractivity contribution in [3.63, 3.8) is 0 Å². The minimum absolute atomic E-state index is 0.00727. The van der Waals surface area contributed by atoms with E-state index in [0.29, 0.717) is 12.2 Å². The van der Waals surface area contributed by atoms with Crippen molar-refractivity contribution in [2.45, 2.75) is 20.3 Å². The first-order chi connectivity index (χ1) is 6.67. The van der Waals surface area contributed by atoms with E-state index in [0.717, 1.165) is 11.3 Å². The zero-order valence-electron chi connectivity index (χ0n) is 8.76. The van der Waals surface area contributed by atoms with Gasteiger partial charge in [-0.1, -0.05) is 13.0 Å². The van der Waals surface area contributed by atoms with E-state index >= 15 is 0 Å². The summed E-state index contributed by atoms with van der Waals surface area (Å²) in [5.41, 5.74) is 1.83. The number of benzene rings is 1. The molecule has 1 aromatic carbocycles. The lowest BCUT2D eigenvalue weighted by molar-refractivity contribution is -0.115. The summed E-state index contributed by atoms with van der Waals surface area (Å²) in [7, 11) is 1.59. The lowest BCUT2D eigenvalue weighted by atomic mass is 10.2. The number of methoxy groups -OCH3 is 1. The molecule has 0 radical (unpaired) electrons. The molecule has 0 aliphatic heterocycles. The van der Waals surface area contributed by atoms with E-state index in [1.54, 1.807) is 7.11 Å². The largest absolute Gasteiger partial charge is 0.495 e. The molecule has 1 amide bonds. The number of carbonyl (C=O) groups excluding carboxylic acids is 1. The van der Waals surface area contributed by atoms with Crippen molar-refractivity contribution in [2.24, 2.45) is 0 Å². The van der Waals surface area contributed by atoms with Gasteiger partial charge in [-0.2, -0.15) is 0 Å². The summed E-state index contributed by atoms with van der Waals surface area (Å²) in [6.07, 6.45) is 0.469. The number of carbonyl (C=O) groups is 1. The van der Waals surface area contributed by atoms with Crippen molar-refractivity contribution in [1.29, 1.82) is 0 Å². The molecule has 0 bridgehead atoms. The molecule has 0 unspecified atom stereocenters. The van der Waals surface area contributed by atoms with Crippen LogP contribution in [0.3, 0.4) is 0 Å². The zero-order valence-corrected chi connectivity index (χ0v) is 8.76. The van der Waals surface area contributed by atoms with Crippen molar-refractivity contribution in [3.05, 3.63) is 23.8 Å². The van der Waals surface area contributed by atoms with Gasteiger partial charge in [-0.25, -0.2) is 0 Å². The van der Waals surface area contributed by atoms with Crippen molar-refractivity contribution >= 4 is 11.6 Å². The molecule has 1 aromatic rings. The number of ether oxygens (including phenoxy) is 1. The van der Waals surface area contributed by atoms with Crippen LogP contribution in [0.4, 0.5) is 5.69 Å². The van der Waals surface area contributed by atoms with Crippen LogP contribution in [0.2, 0.25) is 0 Å². The standard InChI is InChI=1S/C11H15NO2/c1-4-11(13)12-9-6-5-8(2)7-10(9)14-3/h5-7H,4H2,1-3H3,(H,12,13). The Morgan fingerprint density at radius 3 is 2.79 bits per heavy atom. The summed E-state index contributed by atoms with van der Waals surface area (Å²) in [6.45, 7) is 3.80. The van der Waals surface area contributed by atoms with Crippen molar-refractivity contribution in [3.8, 4) is 5.75 Å². The van der Waals surface area contributed by atoms with Crippen LogP contribution < -0.4 is 10.1 Å². The van der Waals surface area contributed by atoms with Gasteiger partial charge >= 0.3 is 0 Å². The average molecular weight is 193 g/mol. The van der Waals surface area contributed by atoms with Gasteiger partial charge in [0.05, 0.1) is 12.8 Å². The van der Waals surface area contributed by atoms with Crippen LogP contribution in [0.1, 0.15) is 18.9 Å². The summed E-state index contributed by atoms with van der Waals surface area (Å²) >= 11 is 0. The highest BCUT2D eigenvalue weighted by Crippen LogP contribution is 2.25. The van der Waals surface area contributed by atoms with Gasteiger partial charge in [-0.05, 0) is 24.6 Å². The van der Waals surface area contributed by atoms with Crippen LogP contribution >= 0.6 is 0 Å². The molecule has 0 fully saturated rings. The van der Waals surface area contributed by atoms with Gasteiger partial charge in [0.1, 0.15) is 5.75 Å². The third kappa shape index (κ3) is 2.49. The Morgan fingerprint density at radius 1 is 1.50 bits per heavy atom. The maximum absolute atomic E-state index is 11.2. The molecule has 14 heavy (non-hydrogen) atoms. The fourth-order valence-corrected chi connectivity index (χ4v) is 1.14. The minimum Gasteiger partial charge on any atom is -0.495 e. The third-order valence-electron chi connectivity index (χ3n) is 1.95. The number of amides is 1. The van der Waals surface area contributed by atoms with Crippen LogP contribution in [-0.2, 0) is 4.79 Å². The molecule has 0 saturated heterocycles. The van der Waals surface area contributed by atoms with Gasteiger partial charge in [0, 0.05) is 6.42 Å². The smallest absolute Gasteiger partial charge is 0.224 e. The van der Waals surface area contributed by atoms with E-state index < -0.39 is 0 Å². The summed E-state index contributed by atoms with van der Waals surface area (Å²) < 4.78 is 5.16. The van der Waals surface area contributed by atoms with Crippen LogP contribution in [0.5, 0.6) is 5.75 Å². The number of nitrogens with one attached hydrogen (secondary N) is 1. The number of anilines is 1. The second kappa shape index (κ2) is 4.65. The number of aryl methyl sites for hydroxylation is 1. The summed E-state index contributed by atoms with van der Waals surface area (Å²) in [6, 6.07) is 5.68. The van der Waals surface area contributed by atoms with E-state index in [9.17, 15) is 4.79 Å². The average Bonchev–Trinajstić information content (AvgIpc) is 2.20. The molecule has 0 aromatic heterocycles. The Balaban J connectivity index is 2.90. The molecule has 3 heteroatoms. The van der Waals surface area contributed by atoms with Crippen LogP contribution in [0, 0.1) is 6.92 Å². The van der Waals surface area contributed by atoms with E-state index in [1.165, 1.54) is 0 Å². The van der Waals surface area contributed by atoms with E-state index in [4.69, 9.17) is 4.74 Å². The fourth-order valence-electron chi connectivity index (χ4n) is 1.14. The van der Waals surface area contributed by atoms with Crippen LogP contribution in [-0.4, -0.2) is 13.0 Å². The van der Waals surface area contributed by atoms with Crippen molar-refractivity contribution in [2.75, 3.05) is 12.4 Å².